The first-order chi connectivity index (χ1) is 12.3. The van der Waals surface area contributed by atoms with Gasteiger partial charge >= 0.3 is 5.97 Å². The number of rotatable bonds is 7. The van der Waals surface area contributed by atoms with Crippen molar-refractivity contribution in [2.24, 2.45) is 5.14 Å². The zero-order chi connectivity index (χ0) is 19.2. The van der Waals surface area contributed by atoms with E-state index in [2.05, 4.69) is 5.32 Å². The van der Waals surface area contributed by atoms with Gasteiger partial charge in [-0.05, 0) is 43.3 Å². The number of thioether (sulfide) groups is 1. The summed E-state index contributed by atoms with van der Waals surface area (Å²) < 4.78 is 27.5. The number of hydrogen-bond acceptors (Lipinski definition) is 6. The number of ether oxygens (including phenoxy) is 1. The molecule has 0 bridgehead atoms. The standard InChI is InChI=1S/C17H18N2O5S2/c1-12(24-16(20)11-25-14-5-3-2-4-6-14)17(21)19-13-7-9-15(10-8-13)26(18,22)23/h2-10,12H,11H2,1H3,(H,19,21)(H2,18,22,23)/t12-/m0/s1. The van der Waals surface area contributed by atoms with Crippen LogP contribution in [0.15, 0.2) is 64.4 Å². The second-order valence-electron chi connectivity index (χ2n) is 5.29. The molecule has 2 rings (SSSR count). The van der Waals surface area contributed by atoms with E-state index in [0.29, 0.717) is 5.69 Å². The first-order valence-corrected chi connectivity index (χ1v) is 10.1. The monoisotopic (exact) mass is 394 g/mol. The summed E-state index contributed by atoms with van der Waals surface area (Å²) in [5.74, 6) is -0.942. The third-order valence-electron chi connectivity index (χ3n) is 3.23. The van der Waals surface area contributed by atoms with E-state index in [1.165, 1.54) is 43.0 Å². The number of nitrogens with two attached hydrogens (primary N) is 1. The smallest absolute Gasteiger partial charge is 0.317 e. The fourth-order valence-corrected chi connectivity index (χ4v) is 3.13. The number of hydrogen-bond donors (Lipinski definition) is 2. The summed E-state index contributed by atoms with van der Waals surface area (Å²) in [5.41, 5.74) is 0.365. The molecule has 0 aliphatic heterocycles. The number of sulfonamides is 1. The lowest BCUT2D eigenvalue weighted by atomic mass is 10.3. The molecule has 3 N–H and O–H groups in total. The molecule has 9 heteroatoms. The molecule has 0 unspecified atom stereocenters. The molecule has 0 spiro atoms. The van der Waals surface area contributed by atoms with Crippen LogP contribution in [0.1, 0.15) is 6.92 Å². The van der Waals surface area contributed by atoms with Crippen molar-refractivity contribution < 1.29 is 22.7 Å². The summed E-state index contributed by atoms with van der Waals surface area (Å²) in [6.07, 6.45) is -0.989. The normalized spacial score (nSPS) is 12.2. The summed E-state index contributed by atoms with van der Waals surface area (Å²) in [6.45, 7) is 1.46. The molecule has 7 nitrogen and oxygen atoms in total. The van der Waals surface area contributed by atoms with Gasteiger partial charge in [0.1, 0.15) is 0 Å². The van der Waals surface area contributed by atoms with E-state index >= 15 is 0 Å². The zero-order valence-corrected chi connectivity index (χ0v) is 15.5. The largest absolute Gasteiger partial charge is 0.452 e. The number of primary sulfonamides is 1. The summed E-state index contributed by atoms with van der Waals surface area (Å²) >= 11 is 1.32. The second-order valence-corrected chi connectivity index (χ2v) is 7.90. The summed E-state index contributed by atoms with van der Waals surface area (Å²) in [5, 5.41) is 7.55. The highest BCUT2D eigenvalue weighted by molar-refractivity contribution is 8.00. The van der Waals surface area contributed by atoms with Gasteiger partial charge in [0.25, 0.3) is 5.91 Å². The van der Waals surface area contributed by atoms with Crippen LogP contribution in [-0.2, 0) is 24.3 Å². The molecule has 138 valence electrons. The predicted molar refractivity (Wildman–Crippen MR) is 99.2 cm³/mol. The fourth-order valence-electron chi connectivity index (χ4n) is 1.92. The van der Waals surface area contributed by atoms with Gasteiger partial charge in [-0.15, -0.1) is 11.8 Å². The minimum Gasteiger partial charge on any atom is -0.452 e. The Balaban J connectivity index is 1.84. The van der Waals surface area contributed by atoms with E-state index in [-0.39, 0.29) is 10.6 Å². The van der Waals surface area contributed by atoms with E-state index in [9.17, 15) is 18.0 Å². The molecule has 26 heavy (non-hydrogen) atoms. The first kappa shape index (κ1) is 20.0. The van der Waals surface area contributed by atoms with E-state index in [4.69, 9.17) is 9.88 Å². The highest BCUT2D eigenvalue weighted by Gasteiger charge is 2.18. The van der Waals surface area contributed by atoms with Crippen LogP contribution in [0, 0.1) is 0 Å². The van der Waals surface area contributed by atoms with E-state index < -0.39 is 28.0 Å². The molecule has 0 saturated heterocycles. The Morgan fingerprint density at radius 2 is 1.73 bits per heavy atom. The molecule has 0 aliphatic carbocycles. The minimum atomic E-state index is -3.79. The van der Waals surface area contributed by atoms with Crippen LogP contribution in [-0.4, -0.2) is 32.2 Å². The quantitative estimate of drug-likeness (QED) is 0.548. The van der Waals surface area contributed by atoms with Crippen LogP contribution in [0.25, 0.3) is 0 Å². The lowest BCUT2D eigenvalue weighted by Gasteiger charge is -2.13. The average molecular weight is 394 g/mol. The number of nitrogens with one attached hydrogen (secondary N) is 1. The van der Waals surface area contributed by atoms with Crippen LogP contribution in [0.5, 0.6) is 0 Å². The van der Waals surface area contributed by atoms with Gasteiger partial charge in [0.15, 0.2) is 6.10 Å². The Bertz CT molecular complexity index is 868. The molecule has 2 aromatic rings. The van der Waals surface area contributed by atoms with Crippen LogP contribution >= 0.6 is 11.8 Å². The van der Waals surface area contributed by atoms with Crippen molar-refractivity contribution in [1.29, 1.82) is 0 Å². The summed E-state index contributed by atoms with van der Waals surface area (Å²) in [6, 6.07) is 14.7. The molecule has 0 fully saturated rings. The van der Waals surface area contributed by atoms with Gasteiger partial charge in [0.2, 0.25) is 10.0 Å². The fraction of sp³-hybridized carbons (Fsp3) is 0.176. The highest BCUT2D eigenvalue weighted by atomic mass is 32.2. The number of anilines is 1. The Hall–Kier alpha value is -2.36. The van der Waals surface area contributed by atoms with E-state index in [1.54, 1.807) is 0 Å². The maximum atomic E-state index is 12.1. The molecule has 0 saturated carbocycles. The van der Waals surface area contributed by atoms with Crippen LogP contribution in [0.3, 0.4) is 0 Å². The van der Waals surface area contributed by atoms with Crippen molar-refractivity contribution in [3.05, 3.63) is 54.6 Å². The van der Waals surface area contributed by atoms with Crippen molar-refractivity contribution in [3.8, 4) is 0 Å². The molecule has 1 amide bonds. The lowest BCUT2D eigenvalue weighted by molar-refractivity contribution is -0.150. The van der Waals surface area contributed by atoms with Crippen molar-refractivity contribution in [2.75, 3.05) is 11.1 Å². The van der Waals surface area contributed by atoms with Gasteiger partial charge < -0.3 is 10.1 Å². The molecule has 1 atom stereocenters. The zero-order valence-electron chi connectivity index (χ0n) is 13.9. The molecule has 0 aromatic heterocycles. The maximum absolute atomic E-state index is 12.1. The maximum Gasteiger partial charge on any atom is 0.317 e. The predicted octanol–water partition coefficient (Wildman–Crippen LogP) is 2.00. The topological polar surface area (TPSA) is 116 Å². The SMILES string of the molecule is C[C@H](OC(=O)CSc1ccccc1)C(=O)Nc1ccc(S(N)(=O)=O)cc1. The van der Waals surface area contributed by atoms with Crippen LogP contribution < -0.4 is 10.5 Å². The molecule has 0 radical (unpaired) electrons. The minimum absolute atomic E-state index is 0.0621. The summed E-state index contributed by atoms with van der Waals surface area (Å²) in [7, 11) is -3.79. The van der Waals surface area contributed by atoms with Crippen LogP contribution in [0.2, 0.25) is 0 Å². The number of benzene rings is 2. The first-order valence-electron chi connectivity index (χ1n) is 7.57. The number of carbonyl (C=O) groups is 2. The lowest BCUT2D eigenvalue weighted by Crippen LogP contribution is -2.30. The third kappa shape index (κ3) is 6.17. The van der Waals surface area contributed by atoms with Gasteiger partial charge in [-0.2, -0.15) is 0 Å². The molecular weight excluding hydrogens is 376 g/mol. The Kier molecular flexibility index (Phi) is 6.78. The number of carbonyl (C=O) groups excluding carboxylic acids is 2. The number of amides is 1. The van der Waals surface area contributed by atoms with Gasteiger partial charge in [-0.25, -0.2) is 13.6 Å². The van der Waals surface area contributed by atoms with Gasteiger partial charge in [0, 0.05) is 10.6 Å². The van der Waals surface area contributed by atoms with E-state index in [0.717, 1.165) is 4.90 Å². The highest BCUT2D eigenvalue weighted by Crippen LogP contribution is 2.17. The molecular formula is C17H18N2O5S2. The summed E-state index contributed by atoms with van der Waals surface area (Å²) in [4.78, 5) is 24.8. The van der Waals surface area contributed by atoms with Crippen LogP contribution in [0.4, 0.5) is 5.69 Å². The van der Waals surface area contributed by atoms with Gasteiger partial charge in [-0.1, -0.05) is 18.2 Å². The molecule has 0 aliphatic rings. The second kappa shape index (κ2) is 8.84. The molecule has 0 heterocycles. The Labute approximate surface area is 156 Å². The molecule has 2 aromatic carbocycles. The van der Waals surface area contributed by atoms with Gasteiger partial charge in [-0.3, -0.25) is 9.59 Å². The Morgan fingerprint density at radius 3 is 2.31 bits per heavy atom. The van der Waals surface area contributed by atoms with Crippen molar-refractivity contribution >= 4 is 39.3 Å². The van der Waals surface area contributed by atoms with Crippen molar-refractivity contribution in [1.82, 2.24) is 0 Å². The average Bonchev–Trinajstić information content (AvgIpc) is 2.60. The van der Waals surface area contributed by atoms with Crippen molar-refractivity contribution in [2.45, 2.75) is 22.8 Å². The number of esters is 1. The van der Waals surface area contributed by atoms with Crippen molar-refractivity contribution in [3.63, 3.8) is 0 Å². The Morgan fingerprint density at radius 1 is 1.12 bits per heavy atom. The third-order valence-corrected chi connectivity index (χ3v) is 5.14. The van der Waals surface area contributed by atoms with Gasteiger partial charge in [0.05, 0.1) is 10.6 Å². The van der Waals surface area contributed by atoms with E-state index in [1.807, 2.05) is 30.3 Å².